The highest BCUT2D eigenvalue weighted by Gasteiger charge is 2.26. The molecule has 1 aromatic carbocycles. The number of nitro benzene ring substituents is 1. The summed E-state index contributed by atoms with van der Waals surface area (Å²) in [5, 5.41) is 10.5. The Kier molecular flexibility index (Phi) is 3.55. The summed E-state index contributed by atoms with van der Waals surface area (Å²) in [5.41, 5.74) is 0.0807. The number of benzene rings is 1. The lowest BCUT2D eigenvalue weighted by Gasteiger charge is -2.33. The molecule has 0 aromatic heterocycles. The molecule has 1 aromatic rings. The SMILES string of the molecule is O=CN1CCCCC1c1ccc([N+](=O)[O-])cc1F. The molecule has 0 N–H and O–H groups in total. The van der Waals surface area contributed by atoms with Crippen LogP contribution < -0.4 is 0 Å². The molecule has 18 heavy (non-hydrogen) atoms. The van der Waals surface area contributed by atoms with Crippen molar-refractivity contribution in [1.82, 2.24) is 4.90 Å². The van der Waals surface area contributed by atoms with Gasteiger partial charge < -0.3 is 4.90 Å². The summed E-state index contributed by atoms with van der Waals surface area (Å²) in [6.45, 7) is 0.602. The number of amides is 1. The van der Waals surface area contributed by atoms with E-state index < -0.39 is 10.7 Å². The van der Waals surface area contributed by atoms with Crippen LogP contribution >= 0.6 is 0 Å². The van der Waals surface area contributed by atoms with Gasteiger partial charge in [0.15, 0.2) is 0 Å². The number of piperidine rings is 1. The minimum Gasteiger partial charge on any atom is -0.338 e. The quantitative estimate of drug-likeness (QED) is 0.471. The van der Waals surface area contributed by atoms with Crippen molar-refractivity contribution in [2.24, 2.45) is 0 Å². The first-order valence-electron chi connectivity index (χ1n) is 5.78. The minimum atomic E-state index is -0.634. The van der Waals surface area contributed by atoms with Crippen LogP contribution in [0.1, 0.15) is 30.9 Å². The fraction of sp³-hybridized carbons (Fsp3) is 0.417. The molecule has 0 radical (unpaired) electrons. The summed E-state index contributed by atoms with van der Waals surface area (Å²) in [6.07, 6.45) is 3.23. The van der Waals surface area contributed by atoms with E-state index in [0.717, 1.165) is 18.9 Å². The molecular formula is C12H13FN2O3. The molecule has 1 unspecified atom stereocenters. The molecule has 1 fully saturated rings. The average molecular weight is 252 g/mol. The second kappa shape index (κ2) is 5.12. The van der Waals surface area contributed by atoms with E-state index in [1.807, 2.05) is 0 Å². The standard InChI is InChI=1S/C12H13FN2O3/c13-11-7-9(15(17)18)4-5-10(11)12-3-1-2-6-14(12)8-16/h4-5,7-8,12H,1-3,6H2. The van der Waals surface area contributed by atoms with Gasteiger partial charge >= 0.3 is 0 Å². The van der Waals surface area contributed by atoms with E-state index in [9.17, 15) is 19.3 Å². The molecule has 2 rings (SSSR count). The molecule has 1 aliphatic heterocycles. The molecule has 96 valence electrons. The van der Waals surface area contributed by atoms with Crippen LogP contribution in [0.15, 0.2) is 18.2 Å². The number of carbonyl (C=O) groups is 1. The third kappa shape index (κ3) is 2.32. The van der Waals surface area contributed by atoms with Gasteiger partial charge in [-0.3, -0.25) is 14.9 Å². The van der Waals surface area contributed by atoms with Crippen molar-refractivity contribution in [1.29, 1.82) is 0 Å². The molecule has 0 bridgehead atoms. The molecule has 1 saturated heterocycles. The van der Waals surface area contributed by atoms with Crippen LogP contribution in [0, 0.1) is 15.9 Å². The number of non-ortho nitro benzene ring substituents is 1. The van der Waals surface area contributed by atoms with Gasteiger partial charge in [0, 0.05) is 18.2 Å². The Labute approximate surface area is 103 Å². The zero-order valence-corrected chi connectivity index (χ0v) is 9.71. The predicted octanol–water partition coefficient (Wildman–Crippen LogP) is 2.42. The van der Waals surface area contributed by atoms with Crippen LogP contribution in [0.2, 0.25) is 0 Å². The third-order valence-electron chi connectivity index (χ3n) is 3.23. The lowest BCUT2D eigenvalue weighted by Crippen LogP contribution is -2.32. The maximum Gasteiger partial charge on any atom is 0.272 e. The Morgan fingerprint density at radius 2 is 2.22 bits per heavy atom. The van der Waals surface area contributed by atoms with E-state index in [0.29, 0.717) is 24.9 Å². The summed E-state index contributed by atoms with van der Waals surface area (Å²) >= 11 is 0. The van der Waals surface area contributed by atoms with Gasteiger partial charge in [-0.1, -0.05) is 0 Å². The Morgan fingerprint density at radius 1 is 1.44 bits per heavy atom. The van der Waals surface area contributed by atoms with Crippen LogP contribution in [0.5, 0.6) is 0 Å². The zero-order chi connectivity index (χ0) is 13.1. The first-order valence-corrected chi connectivity index (χ1v) is 5.78. The number of nitro groups is 1. The fourth-order valence-corrected chi connectivity index (χ4v) is 2.31. The van der Waals surface area contributed by atoms with Gasteiger partial charge in [-0.25, -0.2) is 4.39 Å². The lowest BCUT2D eigenvalue weighted by atomic mass is 9.95. The molecule has 1 heterocycles. The van der Waals surface area contributed by atoms with E-state index in [1.54, 1.807) is 4.90 Å². The third-order valence-corrected chi connectivity index (χ3v) is 3.23. The molecule has 0 saturated carbocycles. The summed E-state index contributed by atoms with van der Waals surface area (Å²) in [7, 11) is 0. The summed E-state index contributed by atoms with van der Waals surface area (Å²) in [6, 6.07) is 3.28. The number of hydrogen-bond acceptors (Lipinski definition) is 3. The highest BCUT2D eigenvalue weighted by Crippen LogP contribution is 2.32. The van der Waals surface area contributed by atoms with Crippen molar-refractivity contribution in [2.45, 2.75) is 25.3 Å². The van der Waals surface area contributed by atoms with E-state index in [4.69, 9.17) is 0 Å². The molecule has 1 atom stereocenters. The first kappa shape index (κ1) is 12.5. The normalized spacial score (nSPS) is 19.6. The number of hydrogen-bond donors (Lipinski definition) is 0. The van der Waals surface area contributed by atoms with Crippen LogP contribution in [-0.2, 0) is 4.79 Å². The largest absolute Gasteiger partial charge is 0.338 e. The predicted molar refractivity (Wildman–Crippen MR) is 62.4 cm³/mol. The van der Waals surface area contributed by atoms with Crippen LogP contribution in [-0.4, -0.2) is 22.8 Å². The fourth-order valence-electron chi connectivity index (χ4n) is 2.31. The van der Waals surface area contributed by atoms with Gasteiger partial charge in [-0.15, -0.1) is 0 Å². The monoisotopic (exact) mass is 252 g/mol. The van der Waals surface area contributed by atoms with E-state index >= 15 is 0 Å². The molecule has 1 amide bonds. The van der Waals surface area contributed by atoms with Crippen LogP contribution in [0.4, 0.5) is 10.1 Å². The summed E-state index contributed by atoms with van der Waals surface area (Å²) in [4.78, 5) is 22.4. The van der Waals surface area contributed by atoms with E-state index in [-0.39, 0.29) is 11.7 Å². The molecule has 5 nitrogen and oxygen atoms in total. The van der Waals surface area contributed by atoms with Crippen molar-refractivity contribution in [3.8, 4) is 0 Å². The molecule has 0 aliphatic carbocycles. The van der Waals surface area contributed by atoms with Crippen molar-refractivity contribution < 1.29 is 14.1 Å². The van der Waals surface area contributed by atoms with E-state index in [2.05, 4.69) is 0 Å². The minimum absolute atomic E-state index is 0.273. The smallest absolute Gasteiger partial charge is 0.272 e. The second-order valence-corrected chi connectivity index (χ2v) is 4.32. The van der Waals surface area contributed by atoms with Crippen molar-refractivity contribution in [2.75, 3.05) is 6.54 Å². The summed E-state index contributed by atoms with van der Waals surface area (Å²) in [5.74, 6) is -0.622. The van der Waals surface area contributed by atoms with Gasteiger partial charge in [0.05, 0.1) is 17.0 Å². The Bertz CT molecular complexity index is 478. The van der Waals surface area contributed by atoms with Crippen LogP contribution in [0.3, 0.4) is 0 Å². The first-order chi connectivity index (χ1) is 8.63. The molecule has 6 heteroatoms. The Morgan fingerprint density at radius 3 is 2.83 bits per heavy atom. The Balaban J connectivity index is 2.32. The van der Waals surface area contributed by atoms with Gasteiger partial charge in [0.1, 0.15) is 5.82 Å². The lowest BCUT2D eigenvalue weighted by molar-refractivity contribution is -0.385. The maximum atomic E-state index is 13.9. The van der Waals surface area contributed by atoms with Crippen LogP contribution in [0.25, 0.3) is 0 Å². The second-order valence-electron chi connectivity index (χ2n) is 4.32. The number of carbonyl (C=O) groups excluding carboxylic acids is 1. The summed E-state index contributed by atoms with van der Waals surface area (Å²) < 4.78 is 13.9. The van der Waals surface area contributed by atoms with Gasteiger partial charge in [-0.05, 0) is 25.3 Å². The van der Waals surface area contributed by atoms with E-state index in [1.165, 1.54) is 12.1 Å². The number of likely N-dealkylation sites (tertiary alicyclic amines) is 1. The average Bonchev–Trinajstić information content (AvgIpc) is 2.38. The maximum absolute atomic E-state index is 13.9. The highest BCUT2D eigenvalue weighted by molar-refractivity contribution is 5.49. The number of rotatable bonds is 3. The van der Waals surface area contributed by atoms with Crippen molar-refractivity contribution in [3.05, 3.63) is 39.7 Å². The molecule has 0 spiro atoms. The van der Waals surface area contributed by atoms with Crippen molar-refractivity contribution in [3.63, 3.8) is 0 Å². The van der Waals surface area contributed by atoms with Crippen molar-refractivity contribution >= 4 is 12.1 Å². The van der Waals surface area contributed by atoms with Gasteiger partial charge in [0.2, 0.25) is 6.41 Å². The Hall–Kier alpha value is -1.98. The highest BCUT2D eigenvalue weighted by atomic mass is 19.1. The molecule has 1 aliphatic rings. The topological polar surface area (TPSA) is 63.5 Å². The molecular weight excluding hydrogens is 239 g/mol. The number of nitrogens with zero attached hydrogens (tertiary/aromatic N) is 2. The van der Waals surface area contributed by atoms with Gasteiger partial charge in [0.25, 0.3) is 5.69 Å². The number of halogens is 1. The van der Waals surface area contributed by atoms with Gasteiger partial charge in [-0.2, -0.15) is 0 Å². The zero-order valence-electron chi connectivity index (χ0n) is 9.71.